The second-order valence-electron chi connectivity index (χ2n) is 4.97. The van der Waals surface area contributed by atoms with Crippen LogP contribution < -0.4 is 5.56 Å². The second kappa shape index (κ2) is 4.62. The molecule has 1 saturated carbocycles. The standard InChI is InChI=1S/C14H15ClN2O2/c1-2-12-16-11-5-3-4-10(15)13(11)14(19)17(12)8-6-9(18)7-8/h3-5,8-9,18H,2,6-7H2,1H3. The van der Waals surface area contributed by atoms with Crippen LogP contribution in [0.3, 0.4) is 0 Å². The summed E-state index contributed by atoms with van der Waals surface area (Å²) in [6, 6.07) is 5.36. The smallest absolute Gasteiger partial charge is 0.263 e. The number of aliphatic hydroxyl groups is 1. The number of halogens is 1. The Morgan fingerprint density at radius 3 is 2.84 bits per heavy atom. The summed E-state index contributed by atoms with van der Waals surface area (Å²) in [5, 5.41) is 10.4. The first-order valence-corrected chi connectivity index (χ1v) is 6.87. The molecule has 1 heterocycles. The zero-order chi connectivity index (χ0) is 13.6. The molecule has 0 spiro atoms. The molecule has 1 aliphatic carbocycles. The molecule has 2 aromatic rings. The third kappa shape index (κ3) is 1.95. The summed E-state index contributed by atoms with van der Waals surface area (Å²) >= 11 is 6.12. The van der Waals surface area contributed by atoms with Crippen molar-refractivity contribution in [2.45, 2.75) is 38.3 Å². The molecule has 5 heteroatoms. The lowest BCUT2D eigenvalue weighted by molar-refractivity contribution is 0.0457. The number of rotatable bonds is 2. The number of benzene rings is 1. The minimum atomic E-state index is -0.302. The number of aromatic nitrogens is 2. The molecule has 1 aromatic heterocycles. The van der Waals surface area contributed by atoms with Gasteiger partial charge in [0.2, 0.25) is 0 Å². The minimum absolute atomic E-state index is 0.0469. The Balaban J connectivity index is 2.27. The highest BCUT2D eigenvalue weighted by molar-refractivity contribution is 6.35. The number of aryl methyl sites for hydroxylation is 1. The summed E-state index contributed by atoms with van der Waals surface area (Å²) in [7, 11) is 0. The number of aliphatic hydroxyl groups excluding tert-OH is 1. The molecule has 19 heavy (non-hydrogen) atoms. The summed E-state index contributed by atoms with van der Waals surface area (Å²) in [4.78, 5) is 17.2. The van der Waals surface area contributed by atoms with E-state index in [1.165, 1.54) is 0 Å². The van der Waals surface area contributed by atoms with Crippen LogP contribution >= 0.6 is 11.6 Å². The van der Waals surface area contributed by atoms with Crippen LogP contribution in [0.4, 0.5) is 0 Å². The molecule has 4 nitrogen and oxygen atoms in total. The Labute approximate surface area is 115 Å². The maximum atomic E-state index is 12.6. The molecule has 0 aliphatic heterocycles. The first kappa shape index (κ1) is 12.6. The number of nitrogens with zero attached hydrogens (tertiary/aromatic N) is 2. The normalized spacial score (nSPS) is 22.5. The summed E-state index contributed by atoms with van der Waals surface area (Å²) in [5.41, 5.74) is 0.551. The summed E-state index contributed by atoms with van der Waals surface area (Å²) < 4.78 is 1.71. The van der Waals surface area contributed by atoms with Crippen LogP contribution in [0, 0.1) is 0 Å². The topological polar surface area (TPSA) is 55.1 Å². The average Bonchev–Trinajstić information content (AvgIpc) is 2.35. The summed E-state index contributed by atoms with van der Waals surface area (Å²) in [6.45, 7) is 1.98. The monoisotopic (exact) mass is 278 g/mol. The molecule has 3 rings (SSSR count). The number of hydrogen-bond acceptors (Lipinski definition) is 3. The first-order chi connectivity index (χ1) is 9.11. The first-order valence-electron chi connectivity index (χ1n) is 6.49. The second-order valence-corrected chi connectivity index (χ2v) is 5.38. The molecule has 1 aliphatic rings. The van der Waals surface area contributed by atoms with Gasteiger partial charge in [-0.1, -0.05) is 24.6 Å². The summed E-state index contributed by atoms with van der Waals surface area (Å²) in [5.74, 6) is 0.761. The van der Waals surface area contributed by atoms with Crippen molar-refractivity contribution in [2.75, 3.05) is 0 Å². The van der Waals surface area contributed by atoms with Gasteiger partial charge in [-0.05, 0) is 25.0 Å². The van der Waals surface area contributed by atoms with Crippen LogP contribution in [0.5, 0.6) is 0 Å². The van der Waals surface area contributed by atoms with Crippen LogP contribution in [0.15, 0.2) is 23.0 Å². The van der Waals surface area contributed by atoms with E-state index in [4.69, 9.17) is 11.6 Å². The lowest BCUT2D eigenvalue weighted by atomic mass is 9.89. The van der Waals surface area contributed by atoms with Crippen molar-refractivity contribution in [3.8, 4) is 0 Å². The Morgan fingerprint density at radius 2 is 2.21 bits per heavy atom. The molecule has 0 atom stereocenters. The van der Waals surface area contributed by atoms with E-state index in [2.05, 4.69) is 4.98 Å². The summed E-state index contributed by atoms with van der Waals surface area (Å²) in [6.07, 6.45) is 1.61. The van der Waals surface area contributed by atoms with E-state index in [1.54, 1.807) is 16.7 Å². The van der Waals surface area contributed by atoms with Gasteiger partial charge in [-0.2, -0.15) is 0 Å². The maximum Gasteiger partial charge on any atom is 0.263 e. The van der Waals surface area contributed by atoms with Gasteiger partial charge in [0.1, 0.15) is 5.82 Å². The van der Waals surface area contributed by atoms with Gasteiger partial charge < -0.3 is 5.11 Å². The highest BCUT2D eigenvalue weighted by Crippen LogP contribution is 2.32. The van der Waals surface area contributed by atoms with E-state index >= 15 is 0 Å². The van der Waals surface area contributed by atoms with E-state index in [0.717, 1.165) is 5.82 Å². The highest BCUT2D eigenvalue weighted by Gasteiger charge is 2.31. The van der Waals surface area contributed by atoms with Gasteiger partial charge in [-0.25, -0.2) is 4.98 Å². The van der Waals surface area contributed by atoms with Crippen molar-refractivity contribution in [2.24, 2.45) is 0 Å². The van der Waals surface area contributed by atoms with Crippen molar-refractivity contribution < 1.29 is 5.11 Å². The molecular weight excluding hydrogens is 264 g/mol. The van der Waals surface area contributed by atoms with Gasteiger partial charge in [0.15, 0.2) is 0 Å². The molecule has 100 valence electrons. The highest BCUT2D eigenvalue weighted by atomic mass is 35.5. The molecule has 1 aromatic carbocycles. The predicted molar refractivity (Wildman–Crippen MR) is 74.7 cm³/mol. The van der Waals surface area contributed by atoms with Crippen LogP contribution in [0.25, 0.3) is 10.9 Å². The van der Waals surface area contributed by atoms with Crippen LogP contribution in [-0.4, -0.2) is 20.8 Å². The lowest BCUT2D eigenvalue weighted by Gasteiger charge is -2.34. The molecule has 0 unspecified atom stereocenters. The Kier molecular flexibility index (Phi) is 3.07. The molecule has 0 amide bonds. The van der Waals surface area contributed by atoms with E-state index in [-0.39, 0.29) is 17.7 Å². The van der Waals surface area contributed by atoms with Gasteiger partial charge >= 0.3 is 0 Å². The third-order valence-corrected chi connectivity index (χ3v) is 4.04. The van der Waals surface area contributed by atoms with Crippen LogP contribution in [0.2, 0.25) is 5.02 Å². The van der Waals surface area contributed by atoms with Gasteiger partial charge in [-0.15, -0.1) is 0 Å². The van der Waals surface area contributed by atoms with Gasteiger partial charge in [0.05, 0.1) is 22.0 Å². The molecular formula is C14H15ClN2O2. The molecule has 0 saturated heterocycles. The largest absolute Gasteiger partial charge is 0.393 e. The van der Waals surface area contributed by atoms with E-state index in [9.17, 15) is 9.90 Å². The minimum Gasteiger partial charge on any atom is -0.393 e. The zero-order valence-corrected chi connectivity index (χ0v) is 11.4. The van der Waals surface area contributed by atoms with Crippen molar-refractivity contribution in [3.05, 3.63) is 39.4 Å². The van der Waals surface area contributed by atoms with Gasteiger partial charge in [-0.3, -0.25) is 9.36 Å². The zero-order valence-electron chi connectivity index (χ0n) is 10.6. The Morgan fingerprint density at radius 1 is 1.47 bits per heavy atom. The third-order valence-electron chi connectivity index (χ3n) is 3.72. The molecule has 1 fully saturated rings. The quantitative estimate of drug-likeness (QED) is 0.917. The fourth-order valence-electron chi connectivity index (χ4n) is 2.64. The Hall–Kier alpha value is -1.39. The number of fused-ring (bicyclic) bond motifs is 1. The van der Waals surface area contributed by atoms with E-state index in [0.29, 0.717) is 35.2 Å². The SMILES string of the molecule is CCc1nc2cccc(Cl)c2c(=O)n1C1CC(O)C1. The predicted octanol–water partition coefficient (Wildman–Crippen LogP) is 2.31. The van der Waals surface area contributed by atoms with Crippen molar-refractivity contribution in [3.63, 3.8) is 0 Å². The lowest BCUT2D eigenvalue weighted by Crippen LogP contribution is -2.38. The molecule has 0 bridgehead atoms. The average molecular weight is 279 g/mol. The number of hydrogen-bond donors (Lipinski definition) is 1. The fraction of sp³-hybridized carbons (Fsp3) is 0.429. The van der Waals surface area contributed by atoms with Crippen molar-refractivity contribution >= 4 is 22.5 Å². The van der Waals surface area contributed by atoms with Crippen LogP contribution in [-0.2, 0) is 6.42 Å². The van der Waals surface area contributed by atoms with Crippen molar-refractivity contribution in [1.29, 1.82) is 0 Å². The van der Waals surface area contributed by atoms with Gasteiger partial charge in [0, 0.05) is 12.5 Å². The van der Waals surface area contributed by atoms with Crippen molar-refractivity contribution in [1.82, 2.24) is 9.55 Å². The molecule has 1 N–H and O–H groups in total. The van der Waals surface area contributed by atoms with E-state index < -0.39 is 0 Å². The maximum absolute atomic E-state index is 12.6. The van der Waals surface area contributed by atoms with Crippen LogP contribution in [0.1, 0.15) is 31.6 Å². The van der Waals surface area contributed by atoms with Gasteiger partial charge in [0.25, 0.3) is 5.56 Å². The van der Waals surface area contributed by atoms with E-state index in [1.807, 2.05) is 13.0 Å². The fourth-order valence-corrected chi connectivity index (χ4v) is 2.89. The Bertz CT molecular complexity index is 690. The molecule has 0 radical (unpaired) electrons.